The van der Waals surface area contributed by atoms with Crippen LogP contribution in [0.4, 0.5) is 0 Å². The molecule has 0 bridgehead atoms. The monoisotopic (exact) mass is 331 g/mol. The van der Waals surface area contributed by atoms with Crippen LogP contribution in [0.25, 0.3) is 0 Å². The smallest absolute Gasteiger partial charge is 0.0945 e. The highest BCUT2D eigenvalue weighted by atomic mass is 32.2. The fourth-order valence-electron chi connectivity index (χ4n) is 2.30. The maximum absolute atomic E-state index is 5.81. The zero-order chi connectivity index (χ0) is 14.8. The predicted octanol–water partition coefficient (Wildman–Crippen LogP) is 3.05. The van der Waals surface area contributed by atoms with Gasteiger partial charge in [-0.1, -0.05) is 27.7 Å². The number of hydrazine groups is 1. The van der Waals surface area contributed by atoms with Crippen LogP contribution < -0.4 is 11.3 Å². The Labute approximate surface area is 134 Å². The van der Waals surface area contributed by atoms with E-state index in [0.717, 1.165) is 6.42 Å². The fourth-order valence-corrected chi connectivity index (χ4v) is 6.32. The topological polar surface area (TPSA) is 50.9 Å². The van der Waals surface area contributed by atoms with Crippen molar-refractivity contribution in [3.8, 4) is 0 Å². The number of aromatic nitrogens is 1. The summed E-state index contributed by atoms with van der Waals surface area (Å²) in [4.78, 5) is 4.80. The molecule has 0 radical (unpaired) electrons. The highest BCUT2D eigenvalue weighted by Gasteiger charge is 2.30. The molecule has 114 valence electrons. The zero-order valence-electron chi connectivity index (χ0n) is 12.7. The molecule has 3 N–H and O–H groups in total. The second-order valence-electron chi connectivity index (χ2n) is 6.27. The van der Waals surface area contributed by atoms with Crippen LogP contribution in [0, 0.1) is 0 Å². The molecule has 0 saturated carbocycles. The molecule has 3 unspecified atom stereocenters. The van der Waals surface area contributed by atoms with Crippen molar-refractivity contribution in [3.05, 3.63) is 16.1 Å². The Morgan fingerprint density at radius 3 is 2.65 bits per heavy atom. The van der Waals surface area contributed by atoms with Crippen molar-refractivity contribution < 1.29 is 0 Å². The third kappa shape index (κ3) is 4.13. The lowest BCUT2D eigenvalue weighted by Gasteiger charge is -2.33. The zero-order valence-corrected chi connectivity index (χ0v) is 15.1. The molecule has 3 atom stereocenters. The maximum Gasteiger partial charge on any atom is 0.0945 e. The summed E-state index contributed by atoms with van der Waals surface area (Å²) in [5.41, 5.74) is 4.35. The van der Waals surface area contributed by atoms with Gasteiger partial charge in [0.25, 0.3) is 0 Å². The summed E-state index contributed by atoms with van der Waals surface area (Å²) in [5, 5.41) is 4.61. The summed E-state index contributed by atoms with van der Waals surface area (Å²) in [7, 11) is 0. The number of nitrogens with one attached hydrogen (secondary N) is 1. The molecule has 1 aromatic heterocycles. The van der Waals surface area contributed by atoms with E-state index in [9.17, 15) is 0 Å². The van der Waals surface area contributed by atoms with E-state index in [2.05, 4.69) is 50.3 Å². The number of hydrogen-bond acceptors (Lipinski definition) is 6. The van der Waals surface area contributed by atoms with Gasteiger partial charge >= 0.3 is 0 Å². The lowest BCUT2D eigenvalue weighted by molar-refractivity contribution is 0.497. The second kappa shape index (κ2) is 7.01. The summed E-state index contributed by atoms with van der Waals surface area (Å²) in [6.07, 6.45) is 0.930. The summed E-state index contributed by atoms with van der Waals surface area (Å²) in [6.45, 7) is 8.94. The van der Waals surface area contributed by atoms with E-state index < -0.39 is 0 Å². The second-order valence-corrected chi connectivity index (χ2v) is 9.98. The summed E-state index contributed by atoms with van der Waals surface area (Å²) in [6, 6.07) is 0.307. The van der Waals surface area contributed by atoms with E-state index >= 15 is 0 Å². The third-order valence-electron chi connectivity index (χ3n) is 3.56. The van der Waals surface area contributed by atoms with E-state index in [1.807, 2.05) is 11.8 Å². The van der Waals surface area contributed by atoms with Crippen LogP contribution in [0.15, 0.2) is 5.38 Å². The molecule has 0 aromatic carbocycles. The number of nitrogens with zero attached hydrogens (tertiary/aromatic N) is 1. The number of nitrogens with two attached hydrogens (primary N) is 1. The normalized spacial score (nSPS) is 25.6. The summed E-state index contributed by atoms with van der Waals surface area (Å²) in [5.74, 6) is 8.29. The van der Waals surface area contributed by atoms with Crippen LogP contribution in [0.1, 0.15) is 38.4 Å². The van der Waals surface area contributed by atoms with Crippen molar-refractivity contribution in [1.29, 1.82) is 0 Å². The van der Waals surface area contributed by atoms with Crippen LogP contribution in [-0.2, 0) is 11.8 Å². The van der Waals surface area contributed by atoms with Crippen molar-refractivity contribution in [2.45, 2.75) is 56.1 Å². The summed E-state index contributed by atoms with van der Waals surface area (Å²) < 4.78 is 0. The van der Waals surface area contributed by atoms with Gasteiger partial charge in [-0.05, 0) is 0 Å². The van der Waals surface area contributed by atoms with Crippen LogP contribution in [0.5, 0.6) is 0 Å². The molecule has 1 saturated heterocycles. The molecular weight excluding hydrogens is 306 g/mol. The van der Waals surface area contributed by atoms with E-state index in [-0.39, 0.29) is 5.41 Å². The predicted molar refractivity (Wildman–Crippen MR) is 93.8 cm³/mol. The lowest BCUT2D eigenvalue weighted by Crippen LogP contribution is -2.48. The van der Waals surface area contributed by atoms with Crippen LogP contribution >= 0.6 is 34.9 Å². The van der Waals surface area contributed by atoms with E-state index in [1.54, 1.807) is 11.3 Å². The molecule has 0 amide bonds. The number of thiazole rings is 1. The Balaban J connectivity index is 2.04. The Morgan fingerprint density at radius 2 is 2.10 bits per heavy atom. The first-order valence-electron chi connectivity index (χ1n) is 7.06. The molecule has 6 heteroatoms. The molecular formula is C14H25N3S3. The number of rotatable bonds is 4. The summed E-state index contributed by atoms with van der Waals surface area (Å²) >= 11 is 5.87. The largest absolute Gasteiger partial charge is 0.271 e. The molecule has 1 aliphatic rings. The molecule has 2 heterocycles. The van der Waals surface area contributed by atoms with E-state index in [4.69, 9.17) is 10.8 Å². The van der Waals surface area contributed by atoms with Crippen molar-refractivity contribution in [3.63, 3.8) is 0 Å². The Kier molecular flexibility index (Phi) is 5.82. The van der Waals surface area contributed by atoms with Crippen LogP contribution in [0.3, 0.4) is 0 Å². The minimum atomic E-state index is 0.128. The number of hydrogen-bond donors (Lipinski definition) is 2. The van der Waals surface area contributed by atoms with Gasteiger partial charge in [0.1, 0.15) is 0 Å². The Hall–Kier alpha value is 0.250. The molecule has 1 aromatic rings. The van der Waals surface area contributed by atoms with Crippen molar-refractivity contribution in [1.82, 2.24) is 10.4 Å². The maximum atomic E-state index is 5.81. The molecule has 0 aliphatic carbocycles. The molecule has 20 heavy (non-hydrogen) atoms. The van der Waals surface area contributed by atoms with Gasteiger partial charge in [-0.2, -0.15) is 23.5 Å². The highest BCUT2D eigenvalue weighted by Crippen LogP contribution is 2.34. The van der Waals surface area contributed by atoms with Gasteiger partial charge in [0.15, 0.2) is 0 Å². The van der Waals surface area contributed by atoms with Crippen molar-refractivity contribution >= 4 is 34.9 Å². The first-order chi connectivity index (χ1) is 9.41. The number of thioether (sulfide) groups is 2. The Bertz CT molecular complexity index is 428. The minimum absolute atomic E-state index is 0.128. The lowest BCUT2D eigenvalue weighted by atomic mass is 9.93. The van der Waals surface area contributed by atoms with Gasteiger partial charge in [-0.15, -0.1) is 11.3 Å². The quantitative estimate of drug-likeness (QED) is 0.656. The Morgan fingerprint density at radius 1 is 1.40 bits per heavy atom. The van der Waals surface area contributed by atoms with Gasteiger partial charge in [0.2, 0.25) is 0 Å². The minimum Gasteiger partial charge on any atom is -0.271 e. The first-order valence-corrected chi connectivity index (χ1v) is 10.0. The van der Waals surface area contributed by atoms with Crippen LogP contribution in [0.2, 0.25) is 0 Å². The van der Waals surface area contributed by atoms with Gasteiger partial charge < -0.3 is 0 Å². The van der Waals surface area contributed by atoms with Crippen molar-refractivity contribution in [2.24, 2.45) is 5.84 Å². The molecule has 1 aliphatic heterocycles. The molecule has 3 nitrogen and oxygen atoms in total. The SMILES string of the molecule is CC1SCCSC1C(Cc1nc(C(C)(C)C)cs1)NN. The van der Waals surface area contributed by atoms with Gasteiger partial charge in [-0.3, -0.25) is 11.3 Å². The third-order valence-corrected chi connectivity index (χ3v) is 7.68. The van der Waals surface area contributed by atoms with E-state index in [1.165, 1.54) is 22.2 Å². The van der Waals surface area contributed by atoms with Gasteiger partial charge in [-0.25, -0.2) is 4.98 Å². The standard InChI is InChI=1S/C14H25N3S3/c1-9-13(19-6-5-18-9)10(17-15)7-12-16-11(8-20-12)14(2,3)4/h8-10,13,17H,5-7,15H2,1-4H3. The first kappa shape index (κ1) is 16.6. The highest BCUT2D eigenvalue weighted by molar-refractivity contribution is 8.07. The van der Waals surface area contributed by atoms with E-state index in [0.29, 0.717) is 16.5 Å². The van der Waals surface area contributed by atoms with Gasteiger partial charge in [0.05, 0.1) is 10.7 Å². The van der Waals surface area contributed by atoms with Gasteiger partial charge in [0, 0.05) is 45.3 Å². The molecule has 1 fully saturated rings. The fraction of sp³-hybridized carbons (Fsp3) is 0.786. The average Bonchev–Trinajstić information content (AvgIpc) is 2.85. The molecule has 2 rings (SSSR count). The van der Waals surface area contributed by atoms with Crippen molar-refractivity contribution in [2.75, 3.05) is 11.5 Å². The van der Waals surface area contributed by atoms with Crippen LogP contribution in [-0.4, -0.2) is 33.0 Å². The average molecular weight is 332 g/mol. The molecule has 0 spiro atoms.